The minimum absolute atomic E-state index is 0.0173. The van der Waals surface area contributed by atoms with Crippen LogP contribution in [0.15, 0.2) is 59.7 Å². The van der Waals surface area contributed by atoms with Crippen LogP contribution in [0.4, 0.5) is 0 Å². The number of aromatic nitrogens is 1. The van der Waals surface area contributed by atoms with Gasteiger partial charge in [0.05, 0.1) is 12.8 Å². The predicted octanol–water partition coefficient (Wildman–Crippen LogP) is 2.79. The first kappa shape index (κ1) is 17.7. The number of thiazole rings is 1. The number of methoxy groups -OCH3 is 1. The lowest BCUT2D eigenvalue weighted by Crippen LogP contribution is -2.36. The Morgan fingerprint density at radius 3 is 2.67 bits per heavy atom. The third kappa shape index (κ3) is 4.02. The van der Waals surface area contributed by atoms with Crippen molar-refractivity contribution in [2.75, 3.05) is 20.2 Å². The smallest absolute Gasteiger partial charge is 0.308 e. The van der Waals surface area contributed by atoms with E-state index in [1.54, 1.807) is 29.5 Å². The second-order valence-corrected chi connectivity index (χ2v) is 5.90. The van der Waals surface area contributed by atoms with Crippen molar-refractivity contribution in [2.45, 2.75) is 6.54 Å². The molecular weight excluding hydrogens is 324 g/mol. The van der Waals surface area contributed by atoms with Crippen molar-refractivity contribution in [1.82, 2.24) is 9.47 Å². The first-order chi connectivity index (χ1) is 11.6. The van der Waals surface area contributed by atoms with Crippen molar-refractivity contribution in [1.29, 1.82) is 0 Å². The fraction of sp³-hybridized carbons (Fsp3) is 0.222. The first-order valence-electron chi connectivity index (χ1n) is 7.43. The number of hydrogen-bond donors (Lipinski definition) is 0. The van der Waals surface area contributed by atoms with Crippen molar-refractivity contribution in [3.63, 3.8) is 0 Å². The zero-order valence-corrected chi connectivity index (χ0v) is 14.4. The van der Waals surface area contributed by atoms with Crippen LogP contribution in [0.3, 0.4) is 0 Å². The molecule has 0 aliphatic rings. The Bertz CT molecular complexity index is 782. The summed E-state index contributed by atoms with van der Waals surface area (Å²) in [6, 6.07) is 7.41. The fourth-order valence-corrected chi connectivity index (χ4v) is 3.08. The summed E-state index contributed by atoms with van der Waals surface area (Å²) in [4.78, 5) is 26.1. The van der Waals surface area contributed by atoms with Crippen molar-refractivity contribution in [3.8, 4) is 17.0 Å². The number of carbonyl (C=O) groups is 1. The van der Waals surface area contributed by atoms with E-state index in [9.17, 15) is 9.59 Å². The minimum Gasteiger partial charge on any atom is -0.497 e. The molecule has 1 heterocycles. The van der Waals surface area contributed by atoms with Gasteiger partial charge in [-0.25, -0.2) is 0 Å². The third-order valence-electron chi connectivity index (χ3n) is 3.49. The highest BCUT2D eigenvalue weighted by atomic mass is 32.1. The molecule has 0 spiro atoms. The largest absolute Gasteiger partial charge is 0.497 e. The first-order valence-corrected chi connectivity index (χ1v) is 8.31. The Kier molecular flexibility index (Phi) is 6.14. The summed E-state index contributed by atoms with van der Waals surface area (Å²) in [5.41, 5.74) is 1.54. The number of benzene rings is 1. The summed E-state index contributed by atoms with van der Waals surface area (Å²) < 4.78 is 6.71. The second kappa shape index (κ2) is 8.31. The molecule has 1 amide bonds. The molecule has 0 saturated carbocycles. The average molecular weight is 344 g/mol. The number of nitrogens with zero attached hydrogens (tertiary/aromatic N) is 2. The molecule has 2 rings (SSSR count). The molecule has 0 bridgehead atoms. The minimum atomic E-state index is -0.168. The van der Waals surface area contributed by atoms with Crippen LogP contribution in [-0.4, -0.2) is 35.6 Å². The van der Waals surface area contributed by atoms with Crippen molar-refractivity contribution < 1.29 is 9.53 Å². The van der Waals surface area contributed by atoms with Gasteiger partial charge in [-0.05, 0) is 12.1 Å². The van der Waals surface area contributed by atoms with Gasteiger partial charge in [-0.3, -0.25) is 14.2 Å². The van der Waals surface area contributed by atoms with E-state index >= 15 is 0 Å². The summed E-state index contributed by atoms with van der Waals surface area (Å²) in [5.74, 6) is 0.545. The van der Waals surface area contributed by atoms with Crippen LogP contribution in [0.5, 0.6) is 5.75 Å². The van der Waals surface area contributed by atoms with Gasteiger partial charge in [-0.2, -0.15) is 0 Å². The second-order valence-electron chi connectivity index (χ2n) is 5.08. The SMILES string of the molecule is C=CCN(CC=C)C(=O)Cn1c(-c2cccc(OC)c2)csc1=O. The van der Waals surface area contributed by atoms with Gasteiger partial charge in [0.1, 0.15) is 12.3 Å². The van der Waals surface area contributed by atoms with Crippen molar-refractivity contribution in [3.05, 3.63) is 64.6 Å². The normalized spacial score (nSPS) is 10.2. The van der Waals surface area contributed by atoms with Crippen LogP contribution >= 0.6 is 11.3 Å². The molecule has 0 aliphatic heterocycles. The van der Waals surface area contributed by atoms with Crippen molar-refractivity contribution in [2.24, 2.45) is 0 Å². The van der Waals surface area contributed by atoms with Gasteiger partial charge >= 0.3 is 4.87 Å². The summed E-state index contributed by atoms with van der Waals surface area (Å²) in [6.07, 6.45) is 3.31. The van der Waals surface area contributed by atoms with Gasteiger partial charge < -0.3 is 9.64 Å². The van der Waals surface area contributed by atoms with Crippen molar-refractivity contribution >= 4 is 17.2 Å². The summed E-state index contributed by atoms with van der Waals surface area (Å²) >= 11 is 1.08. The van der Waals surface area contributed by atoms with Gasteiger partial charge in [0.2, 0.25) is 5.91 Å². The number of amides is 1. The molecule has 1 aromatic heterocycles. The van der Waals surface area contributed by atoms with Crippen LogP contribution < -0.4 is 9.61 Å². The van der Waals surface area contributed by atoms with Crippen LogP contribution in [0, 0.1) is 0 Å². The quantitative estimate of drug-likeness (QED) is 0.692. The molecule has 1 aromatic carbocycles. The Labute approximate surface area is 145 Å². The van der Waals surface area contributed by atoms with Crippen LogP contribution in [0.25, 0.3) is 11.3 Å². The molecule has 0 N–H and O–H groups in total. The maximum absolute atomic E-state index is 12.5. The molecule has 126 valence electrons. The topological polar surface area (TPSA) is 51.5 Å². The molecule has 0 saturated heterocycles. The highest BCUT2D eigenvalue weighted by Crippen LogP contribution is 2.24. The van der Waals surface area contributed by atoms with E-state index in [4.69, 9.17) is 4.74 Å². The standard InChI is InChI=1S/C18H20N2O3S/c1-4-9-19(10-5-2)17(21)12-20-16(13-24-18(20)22)14-7-6-8-15(11-14)23-3/h4-8,11,13H,1-2,9-10,12H2,3H3. The van der Waals surface area contributed by atoms with Crippen LogP contribution in [0.1, 0.15) is 0 Å². The van der Waals surface area contributed by atoms with E-state index in [-0.39, 0.29) is 17.3 Å². The number of carbonyl (C=O) groups excluding carboxylic acids is 1. The van der Waals surface area contributed by atoms with E-state index in [2.05, 4.69) is 13.2 Å². The van der Waals surface area contributed by atoms with Gasteiger partial charge in [0, 0.05) is 24.0 Å². The summed E-state index contributed by atoms with van der Waals surface area (Å²) in [7, 11) is 1.59. The Morgan fingerprint density at radius 1 is 1.33 bits per heavy atom. The van der Waals surface area contributed by atoms with Crippen LogP contribution in [0.2, 0.25) is 0 Å². The third-order valence-corrected chi connectivity index (χ3v) is 4.26. The fourth-order valence-electron chi connectivity index (χ4n) is 2.31. The average Bonchev–Trinajstić information content (AvgIpc) is 2.95. The highest BCUT2D eigenvalue weighted by Gasteiger charge is 2.16. The van der Waals surface area contributed by atoms with E-state index in [0.29, 0.717) is 24.5 Å². The summed E-state index contributed by atoms with van der Waals surface area (Å²) in [5, 5.41) is 1.76. The zero-order chi connectivity index (χ0) is 17.5. The lowest BCUT2D eigenvalue weighted by molar-refractivity contribution is -0.130. The molecule has 0 unspecified atom stereocenters. The van der Waals surface area contributed by atoms with Gasteiger partial charge in [-0.15, -0.1) is 13.2 Å². The molecule has 0 fully saturated rings. The predicted molar refractivity (Wildman–Crippen MR) is 97.5 cm³/mol. The molecule has 0 radical (unpaired) electrons. The Morgan fingerprint density at radius 2 is 2.04 bits per heavy atom. The summed E-state index contributed by atoms with van der Waals surface area (Å²) in [6.45, 7) is 8.12. The molecule has 2 aromatic rings. The maximum Gasteiger partial charge on any atom is 0.308 e. The zero-order valence-electron chi connectivity index (χ0n) is 13.6. The Balaban J connectivity index is 2.32. The lowest BCUT2D eigenvalue weighted by atomic mass is 10.1. The molecule has 24 heavy (non-hydrogen) atoms. The monoisotopic (exact) mass is 344 g/mol. The van der Waals surface area contributed by atoms with Gasteiger partial charge in [-0.1, -0.05) is 35.6 Å². The van der Waals surface area contributed by atoms with E-state index in [1.807, 2.05) is 24.3 Å². The van der Waals surface area contributed by atoms with E-state index < -0.39 is 0 Å². The maximum atomic E-state index is 12.5. The number of hydrogen-bond acceptors (Lipinski definition) is 4. The molecule has 6 heteroatoms. The molecular formula is C18H20N2O3S. The van der Waals surface area contributed by atoms with Crippen LogP contribution in [-0.2, 0) is 11.3 Å². The van der Waals surface area contributed by atoms with Gasteiger partial charge in [0.15, 0.2) is 0 Å². The molecule has 0 aliphatic carbocycles. The number of rotatable bonds is 8. The Hall–Kier alpha value is -2.60. The lowest BCUT2D eigenvalue weighted by Gasteiger charge is -2.20. The van der Waals surface area contributed by atoms with Gasteiger partial charge in [0.25, 0.3) is 0 Å². The van der Waals surface area contributed by atoms with E-state index in [1.165, 1.54) is 4.57 Å². The number of ether oxygens (including phenoxy) is 1. The molecule has 5 nitrogen and oxygen atoms in total. The molecule has 0 atom stereocenters. The highest BCUT2D eigenvalue weighted by molar-refractivity contribution is 7.07. The van der Waals surface area contributed by atoms with E-state index in [0.717, 1.165) is 16.9 Å².